The van der Waals surface area contributed by atoms with E-state index in [0.717, 1.165) is 33.5 Å². The third kappa shape index (κ3) is 4.25. The zero-order valence-electron chi connectivity index (χ0n) is 17.5. The Kier molecular flexibility index (Phi) is 5.42. The Hall–Kier alpha value is -3.93. The maximum atomic E-state index is 12.5. The Morgan fingerprint density at radius 3 is 2.62 bits per heavy atom. The summed E-state index contributed by atoms with van der Waals surface area (Å²) < 4.78 is 5.87. The Morgan fingerprint density at radius 2 is 1.88 bits per heavy atom. The highest BCUT2D eigenvalue weighted by atomic mass is 16.5. The van der Waals surface area contributed by atoms with Crippen LogP contribution in [0.1, 0.15) is 24.8 Å². The zero-order chi connectivity index (χ0) is 21.9. The normalized spacial score (nSPS) is 15.8. The van der Waals surface area contributed by atoms with Crippen LogP contribution in [0.2, 0.25) is 0 Å². The van der Waals surface area contributed by atoms with Gasteiger partial charge in [-0.05, 0) is 54.4 Å². The number of anilines is 1. The summed E-state index contributed by atoms with van der Waals surface area (Å²) in [6.07, 6.45) is 1.46. The van der Waals surface area contributed by atoms with Gasteiger partial charge in [-0.3, -0.25) is 14.7 Å². The SMILES string of the molecule is O=C1CCC(C(=O)Nc2ccc3[nH]nc(-c4ccc(OCc5ccccc5)cc4)c3c2)C1. The van der Waals surface area contributed by atoms with Crippen molar-refractivity contribution < 1.29 is 14.3 Å². The maximum Gasteiger partial charge on any atom is 0.227 e. The van der Waals surface area contributed by atoms with E-state index in [1.807, 2.05) is 72.8 Å². The molecule has 1 atom stereocenters. The molecule has 0 saturated heterocycles. The van der Waals surface area contributed by atoms with Gasteiger partial charge in [0.1, 0.15) is 18.1 Å². The lowest BCUT2D eigenvalue weighted by Gasteiger charge is -2.10. The minimum Gasteiger partial charge on any atom is -0.489 e. The molecule has 1 aliphatic carbocycles. The van der Waals surface area contributed by atoms with Crippen molar-refractivity contribution in [1.29, 1.82) is 0 Å². The van der Waals surface area contributed by atoms with Crippen LogP contribution in [0.5, 0.6) is 5.75 Å². The number of H-pyrrole nitrogens is 1. The summed E-state index contributed by atoms with van der Waals surface area (Å²) in [6.45, 7) is 0.515. The molecule has 0 radical (unpaired) electrons. The fourth-order valence-electron chi connectivity index (χ4n) is 4.04. The fraction of sp³-hybridized carbons (Fsp3) is 0.192. The number of carbonyl (C=O) groups is 2. The number of hydrogen-bond donors (Lipinski definition) is 2. The Balaban J connectivity index is 1.32. The average molecular weight is 425 g/mol. The summed E-state index contributed by atoms with van der Waals surface area (Å²) in [5, 5.41) is 11.4. The lowest BCUT2D eigenvalue weighted by atomic mass is 10.1. The van der Waals surface area contributed by atoms with Crippen LogP contribution < -0.4 is 10.1 Å². The predicted molar refractivity (Wildman–Crippen MR) is 123 cm³/mol. The molecule has 1 fully saturated rings. The van der Waals surface area contributed by atoms with Crippen molar-refractivity contribution in [2.24, 2.45) is 5.92 Å². The largest absolute Gasteiger partial charge is 0.489 e. The van der Waals surface area contributed by atoms with Gasteiger partial charge in [0.2, 0.25) is 5.91 Å². The standard InChI is InChI=1S/C26H23N3O3/c30-21-10-6-19(14-21)26(31)27-20-9-13-24-23(15-20)25(29-28-24)18-7-11-22(12-8-18)32-16-17-4-2-1-3-5-17/h1-5,7-9,11-13,15,19H,6,10,14,16H2,(H,27,31)(H,28,29). The molecule has 0 aliphatic heterocycles. The third-order valence-electron chi connectivity index (χ3n) is 5.82. The summed E-state index contributed by atoms with van der Waals surface area (Å²) >= 11 is 0. The average Bonchev–Trinajstić information content (AvgIpc) is 3.45. The van der Waals surface area contributed by atoms with E-state index in [4.69, 9.17) is 4.74 Å². The predicted octanol–water partition coefficient (Wildman–Crippen LogP) is 5.12. The molecule has 1 saturated carbocycles. The highest BCUT2D eigenvalue weighted by molar-refractivity contribution is 6.00. The smallest absolute Gasteiger partial charge is 0.227 e. The van der Waals surface area contributed by atoms with E-state index in [-0.39, 0.29) is 17.6 Å². The van der Waals surface area contributed by atoms with E-state index < -0.39 is 0 Å². The fourth-order valence-corrected chi connectivity index (χ4v) is 4.04. The van der Waals surface area contributed by atoms with Crippen molar-refractivity contribution in [3.05, 3.63) is 78.4 Å². The van der Waals surface area contributed by atoms with Gasteiger partial charge in [-0.25, -0.2) is 0 Å². The zero-order valence-corrected chi connectivity index (χ0v) is 17.5. The number of nitrogens with zero attached hydrogens (tertiary/aromatic N) is 1. The van der Waals surface area contributed by atoms with Crippen LogP contribution >= 0.6 is 0 Å². The van der Waals surface area contributed by atoms with E-state index in [0.29, 0.717) is 31.6 Å². The molecule has 5 rings (SSSR count). The van der Waals surface area contributed by atoms with Crippen LogP contribution in [0.25, 0.3) is 22.2 Å². The van der Waals surface area contributed by atoms with Crippen LogP contribution in [-0.4, -0.2) is 21.9 Å². The van der Waals surface area contributed by atoms with Gasteiger partial charge < -0.3 is 10.1 Å². The first kappa shape index (κ1) is 20.0. The van der Waals surface area contributed by atoms with Crippen molar-refractivity contribution in [3.63, 3.8) is 0 Å². The quantitative estimate of drug-likeness (QED) is 0.449. The van der Waals surface area contributed by atoms with Gasteiger partial charge in [0, 0.05) is 35.4 Å². The van der Waals surface area contributed by atoms with Crippen molar-refractivity contribution in [1.82, 2.24) is 10.2 Å². The first-order valence-electron chi connectivity index (χ1n) is 10.7. The van der Waals surface area contributed by atoms with Gasteiger partial charge in [0.15, 0.2) is 0 Å². The number of fused-ring (bicyclic) bond motifs is 1. The number of aromatic nitrogens is 2. The number of amides is 1. The van der Waals surface area contributed by atoms with E-state index in [2.05, 4.69) is 15.5 Å². The van der Waals surface area contributed by atoms with Crippen LogP contribution in [0.4, 0.5) is 5.69 Å². The Bertz CT molecular complexity index is 1260. The van der Waals surface area contributed by atoms with Gasteiger partial charge >= 0.3 is 0 Å². The molecule has 1 aliphatic rings. The molecule has 0 spiro atoms. The first-order chi connectivity index (χ1) is 15.7. The highest BCUT2D eigenvalue weighted by Crippen LogP contribution is 2.30. The van der Waals surface area contributed by atoms with Crippen molar-refractivity contribution in [2.75, 3.05) is 5.32 Å². The lowest BCUT2D eigenvalue weighted by molar-refractivity contribution is -0.122. The molecular formula is C26H23N3O3. The second-order valence-electron chi connectivity index (χ2n) is 8.10. The van der Waals surface area contributed by atoms with Crippen LogP contribution in [0, 0.1) is 5.92 Å². The second-order valence-corrected chi connectivity index (χ2v) is 8.10. The Labute approximate surface area is 185 Å². The number of aromatic amines is 1. The number of benzene rings is 3. The molecule has 6 heteroatoms. The number of ether oxygens (including phenoxy) is 1. The van der Waals surface area contributed by atoms with E-state index >= 15 is 0 Å². The van der Waals surface area contributed by atoms with Crippen molar-refractivity contribution in [2.45, 2.75) is 25.9 Å². The van der Waals surface area contributed by atoms with E-state index in [1.54, 1.807) is 0 Å². The molecule has 6 nitrogen and oxygen atoms in total. The number of nitrogens with one attached hydrogen (secondary N) is 2. The molecule has 1 amide bonds. The Morgan fingerprint density at radius 1 is 1.06 bits per heavy atom. The number of Topliss-reactive ketones (excluding diaryl/α,β-unsaturated/α-hetero) is 1. The molecule has 4 aromatic rings. The third-order valence-corrected chi connectivity index (χ3v) is 5.82. The molecular weight excluding hydrogens is 402 g/mol. The molecule has 160 valence electrons. The maximum absolute atomic E-state index is 12.5. The molecule has 1 heterocycles. The number of ketones is 1. The lowest BCUT2D eigenvalue weighted by Crippen LogP contribution is -2.20. The van der Waals surface area contributed by atoms with Crippen LogP contribution in [0.15, 0.2) is 72.8 Å². The summed E-state index contributed by atoms with van der Waals surface area (Å²) in [5.41, 5.74) is 4.46. The van der Waals surface area contributed by atoms with Gasteiger partial charge in [-0.15, -0.1) is 0 Å². The summed E-state index contributed by atoms with van der Waals surface area (Å²) in [7, 11) is 0. The molecule has 3 aromatic carbocycles. The highest BCUT2D eigenvalue weighted by Gasteiger charge is 2.28. The number of hydrogen-bond acceptors (Lipinski definition) is 4. The monoisotopic (exact) mass is 425 g/mol. The molecule has 1 aromatic heterocycles. The summed E-state index contributed by atoms with van der Waals surface area (Å²) in [6, 6.07) is 23.5. The van der Waals surface area contributed by atoms with Crippen molar-refractivity contribution in [3.8, 4) is 17.0 Å². The summed E-state index contributed by atoms with van der Waals surface area (Å²) in [4.78, 5) is 24.0. The minimum atomic E-state index is -0.231. The topological polar surface area (TPSA) is 84.1 Å². The summed E-state index contributed by atoms with van der Waals surface area (Å²) in [5.74, 6) is 0.621. The number of rotatable bonds is 6. The van der Waals surface area contributed by atoms with Gasteiger partial charge in [-0.2, -0.15) is 5.10 Å². The van der Waals surface area contributed by atoms with E-state index in [9.17, 15) is 9.59 Å². The minimum absolute atomic E-state index is 0.0971. The molecule has 0 bridgehead atoms. The van der Waals surface area contributed by atoms with Gasteiger partial charge in [-0.1, -0.05) is 30.3 Å². The second kappa shape index (κ2) is 8.67. The van der Waals surface area contributed by atoms with Gasteiger partial charge in [0.05, 0.1) is 11.2 Å². The van der Waals surface area contributed by atoms with Gasteiger partial charge in [0.25, 0.3) is 0 Å². The van der Waals surface area contributed by atoms with E-state index in [1.165, 1.54) is 0 Å². The van der Waals surface area contributed by atoms with Crippen molar-refractivity contribution >= 4 is 28.3 Å². The van der Waals surface area contributed by atoms with Crippen LogP contribution in [0.3, 0.4) is 0 Å². The molecule has 32 heavy (non-hydrogen) atoms. The first-order valence-corrected chi connectivity index (χ1v) is 10.7. The molecule has 2 N–H and O–H groups in total. The number of carbonyl (C=O) groups excluding carboxylic acids is 2. The molecule has 1 unspecified atom stereocenters. The van der Waals surface area contributed by atoms with Crippen LogP contribution in [-0.2, 0) is 16.2 Å².